The second-order valence-electron chi connectivity index (χ2n) is 6.46. The molecule has 1 aromatic heterocycles. The minimum atomic E-state index is -0.950. The van der Waals surface area contributed by atoms with Crippen molar-refractivity contribution in [2.75, 3.05) is 11.9 Å². The fourth-order valence-electron chi connectivity index (χ4n) is 2.52. The minimum absolute atomic E-state index is 0.0723. The lowest BCUT2D eigenvalue weighted by Gasteiger charge is -2.11. The molecule has 2 aromatic carbocycles. The van der Waals surface area contributed by atoms with E-state index in [-0.39, 0.29) is 13.2 Å². The van der Waals surface area contributed by atoms with Crippen molar-refractivity contribution in [2.24, 2.45) is 5.10 Å². The number of nitrogens with zero attached hydrogens (tertiary/aromatic N) is 1. The number of carbonyl (C=O) groups excluding carboxylic acids is 3. The summed E-state index contributed by atoms with van der Waals surface area (Å²) in [7, 11) is 0. The van der Waals surface area contributed by atoms with Crippen LogP contribution in [0.4, 0.5) is 5.69 Å². The van der Waals surface area contributed by atoms with E-state index in [2.05, 4.69) is 37.1 Å². The molecule has 0 unspecified atom stereocenters. The molecule has 3 rings (SSSR count). The summed E-state index contributed by atoms with van der Waals surface area (Å²) in [5.41, 5.74) is 3.07. The fraction of sp³-hybridized carbons (Fsp3) is 0.0909. The van der Waals surface area contributed by atoms with Crippen LogP contribution in [0.2, 0.25) is 5.02 Å². The van der Waals surface area contributed by atoms with Gasteiger partial charge in [0.1, 0.15) is 11.5 Å². The van der Waals surface area contributed by atoms with Crippen molar-refractivity contribution in [3.05, 3.63) is 81.7 Å². The van der Waals surface area contributed by atoms with Crippen LogP contribution in [0.25, 0.3) is 0 Å². The molecule has 11 heteroatoms. The molecule has 0 radical (unpaired) electrons. The number of benzene rings is 2. The van der Waals surface area contributed by atoms with Gasteiger partial charge in [0.2, 0.25) is 0 Å². The van der Waals surface area contributed by atoms with Crippen molar-refractivity contribution >= 4 is 57.2 Å². The molecule has 0 aliphatic carbocycles. The van der Waals surface area contributed by atoms with E-state index in [9.17, 15) is 14.4 Å². The molecule has 3 N–H and O–H groups in total. The van der Waals surface area contributed by atoms with Crippen molar-refractivity contribution < 1.29 is 23.5 Å². The van der Waals surface area contributed by atoms with Gasteiger partial charge in [0, 0.05) is 10.0 Å². The number of hydrazone groups is 1. The third-order valence-electron chi connectivity index (χ3n) is 4.06. The van der Waals surface area contributed by atoms with Gasteiger partial charge in [0.05, 0.1) is 29.7 Å². The number of para-hydroxylation sites is 1. The first-order valence-electron chi connectivity index (χ1n) is 9.52. The van der Waals surface area contributed by atoms with Gasteiger partial charge in [0.25, 0.3) is 5.91 Å². The molecule has 0 aliphatic rings. The van der Waals surface area contributed by atoms with Crippen LogP contribution in [0.3, 0.4) is 0 Å². The highest BCUT2D eigenvalue weighted by Gasteiger charge is 2.13. The van der Waals surface area contributed by atoms with Crippen LogP contribution < -0.4 is 20.8 Å². The van der Waals surface area contributed by atoms with E-state index in [1.54, 1.807) is 54.6 Å². The molecule has 3 amide bonds. The second-order valence-corrected chi connectivity index (χ2v) is 7.78. The van der Waals surface area contributed by atoms with Crippen LogP contribution in [0, 0.1) is 0 Å². The van der Waals surface area contributed by atoms with Crippen LogP contribution in [-0.2, 0) is 20.9 Å². The number of hydrogen-bond acceptors (Lipinski definition) is 6. The van der Waals surface area contributed by atoms with Crippen LogP contribution >= 0.6 is 27.5 Å². The summed E-state index contributed by atoms with van der Waals surface area (Å²) in [4.78, 5) is 35.9. The number of furan rings is 1. The highest BCUT2D eigenvalue weighted by Crippen LogP contribution is 2.23. The maximum Gasteiger partial charge on any atom is 0.329 e. The average Bonchev–Trinajstić information content (AvgIpc) is 3.32. The number of halogens is 2. The summed E-state index contributed by atoms with van der Waals surface area (Å²) < 4.78 is 11.4. The number of carbonyl (C=O) groups is 3. The smallest absolute Gasteiger partial charge is 0.329 e. The van der Waals surface area contributed by atoms with E-state index >= 15 is 0 Å². The molecule has 33 heavy (non-hydrogen) atoms. The Morgan fingerprint density at radius 1 is 1.09 bits per heavy atom. The van der Waals surface area contributed by atoms with Gasteiger partial charge >= 0.3 is 11.8 Å². The Kier molecular flexibility index (Phi) is 8.62. The summed E-state index contributed by atoms with van der Waals surface area (Å²) in [6.07, 6.45) is 2.76. The number of nitrogens with one attached hydrogen (secondary N) is 3. The first-order chi connectivity index (χ1) is 15.9. The van der Waals surface area contributed by atoms with Gasteiger partial charge in [-0.1, -0.05) is 39.7 Å². The molecular formula is C22H18BrClN4O5. The lowest BCUT2D eigenvalue weighted by Crippen LogP contribution is -2.37. The second kappa shape index (κ2) is 11.8. The van der Waals surface area contributed by atoms with Gasteiger partial charge in [-0.3, -0.25) is 14.4 Å². The zero-order chi connectivity index (χ0) is 23.6. The molecule has 0 bridgehead atoms. The predicted molar refractivity (Wildman–Crippen MR) is 126 cm³/mol. The predicted octanol–water partition coefficient (Wildman–Crippen LogP) is 3.48. The van der Waals surface area contributed by atoms with Gasteiger partial charge in [-0.25, -0.2) is 5.43 Å². The molecule has 0 spiro atoms. The van der Waals surface area contributed by atoms with Gasteiger partial charge < -0.3 is 19.8 Å². The van der Waals surface area contributed by atoms with Crippen LogP contribution in [0.15, 0.2) is 74.9 Å². The number of hydrogen-bond donors (Lipinski definition) is 3. The normalized spacial score (nSPS) is 10.6. The lowest BCUT2D eigenvalue weighted by atomic mass is 10.2. The van der Waals surface area contributed by atoms with Gasteiger partial charge in [-0.05, 0) is 42.5 Å². The lowest BCUT2D eigenvalue weighted by molar-refractivity contribution is -0.139. The zero-order valence-electron chi connectivity index (χ0n) is 17.0. The van der Waals surface area contributed by atoms with Crippen LogP contribution in [-0.4, -0.2) is 30.5 Å². The summed E-state index contributed by atoms with van der Waals surface area (Å²) in [5, 5.41) is 9.26. The molecule has 0 atom stereocenters. The molecule has 0 fully saturated rings. The van der Waals surface area contributed by atoms with E-state index in [1.165, 1.54) is 12.5 Å². The maximum atomic E-state index is 12.2. The van der Waals surface area contributed by atoms with E-state index in [1.807, 2.05) is 0 Å². The van der Waals surface area contributed by atoms with E-state index in [0.29, 0.717) is 27.8 Å². The Labute approximate surface area is 202 Å². The van der Waals surface area contributed by atoms with Crippen molar-refractivity contribution in [3.8, 4) is 5.75 Å². The van der Waals surface area contributed by atoms with Gasteiger partial charge in [0.15, 0.2) is 6.61 Å². The first kappa shape index (κ1) is 24.0. The highest BCUT2D eigenvalue weighted by molar-refractivity contribution is 9.10. The molecule has 9 nitrogen and oxygen atoms in total. The van der Waals surface area contributed by atoms with E-state index < -0.39 is 17.7 Å². The van der Waals surface area contributed by atoms with Crippen LogP contribution in [0.5, 0.6) is 5.75 Å². The van der Waals surface area contributed by atoms with Crippen molar-refractivity contribution in [1.29, 1.82) is 0 Å². The molecule has 170 valence electrons. The van der Waals surface area contributed by atoms with Crippen molar-refractivity contribution in [3.63, 3.8) is 0 Å². The van der Waals surface area contributed by atoms with E-state index in [0.717, 1.165) is 4.47 Å². The summed E-state index contributed by atoms with van der Waals surface area (Å²) in [6.45, 7) is -0.210. The van der Waals surface area contributed by atoms with Crippen molar-refractivity contribution in [2.45, 2.75) is 6.54 Å². The summed E-state index contributed by atoms with van der Waals surface area (Å²) in [6, 6.07) is 15.2. The number of ether oxygens (including phenoxy) is 1. The zero-order valence-corrected chi connectivity index (χ0v) is 19.4. The van der Waals surface area contributed by atoms with Crippen molar-refractivity contribution in [1.82, 2.24) is 10.7 Å². The number of amides is 3. The third kappa shape index (κ3) is 7.48. The van der Waals surface area contributed by atoms with Crippen LogP contribution in [0.1, 0.15) is 11.3 Å². The average molecular weight is 534 g/mol. The molecule has 0 saturated heterocycles. The quantitative estimate of drug-likeness (QED) is 0.232. The van der Waals surface area contributed by atoms with Gasteiger partial charge in [-0.2, -0.15) is 5.10 Å². The Morgan fingerprint density at radius 2 is 1.91 bits per heavy atom. The largest absolute Gasteiger partial charge is 0.483 e. The molecule has 3 aromatic rings. The highest BCUT2D eigenvalue weighted by atomic mass is 79.9. The Morgan fingerprint density at radius 3 is 2.67 bits per heavy atom. The topological polar surface area (TPSA) is 122 Å². The first-order valence-corrected chi connectivity index (χ1v) is 10.7. The Bertz CT molecular complexity index is 1170. The Hall–Kier alpha value is -3.63. The third-order valence-corrected chi connectivity index (χ3v) is 4.88. The maximum absolute atomic E-state index is 12.2. The monoisotopic (exact) mass is 532 g/mol. The fourth-order valence-corrected chi connectivity index (χ4v) is 3.08. The standard InChI is InChI=1S/C22H18BrClN4O5/c23-15-7-8-19(33-13-20(29)27-18-6-2-1-5-17(18)24)14(10-15)11-26-28-22(31)21(30)25-12-16-4-3-9-32-16/h1-11H,12-13H2,(H,25,30)(H,27,29)(H,28,31)/b26-11-. The molecule has 1 heterocycles. The molecular weight excluding hydrogens is 516 g/mol. The van der Waals surface area contributed by atoms with E-state index in [4.69, 9.17) is 20.8 Å². The molecule has 0 aliphatic heterocycles. The minimum Gasteiger partial charge on any atom is -0.483 e. The molecule has 0 saturated carbocycles. The summed E-state index contributed by atoms with van der Waals surface area (Å²) >= 11 is 9.37. The Balaban J connectivity index is 1.54. The number of anilines is 1. The number of rotatable bonds is 8. The summed E-state index contributed by atoms with van der Waals surface area (Å²) in [5.74, 6) is -1.38. The van der Waals surface area contributed by atoms with Gasteiger partial charge in [-0.15, -0.1) is 0 Å². The SMILES string of the molecule is O=C(COc1ccc(Br)cc1/C=N\NC(=O)C(=O)NCc1ccco1)Nc1ccccc1Cl.